The Hall–Kier alpha value is -1.96. The SMILES string of the molecule is OCCNc1nc(NCc2ccc(F)cc2Cl)cc(C2CCOC2)n1. The Morgan fingerprint density at radius 2 is 2.16 bits per heavy atom. The summed E-state index contributed by atoms with van der Waals surface area (Å²) in [4.78, 5) is 8.91. The maximum atomic E-state index is 13.1. The molecule has 0 bridgehead atoms. The van der Waals surface area contributed by atoms with Crippen LogP contribution >= 0.6 is 11.6 Å². The standard InChI is InChI=1S/C17H20ClFN4O2/c18-14-7-13(19)2-1-11(14)9-21-16-8-15(12-3-6-25-10-12)22-17(23-16)20-4-5-24/h1-2,7-8,12,24H,3-6,9-10H2,(H2,20,21,22,23). The summed E-state index contributed by atoms with van der Waals surface area (Å²) in [6, 6.07) is 6.19. The lowest BCUT2D eigenvalue weighted by molar-refractivity contribution is 0.193. The molecule has 1 aliphatic heterocycles. The van der Waals surface area contributed by atoms with Crippen LogP contribution in [0.2, 0.25) is 5.02 Å². The van der Waals surface area contributed by atoms with Crippen LogP contribution in [0.1, 0.15) is 23.6 Å². The van der Waals surface area contributed by atoms with Gasteiger partial charge in [0, 0.05) is 36.7 Å². The van der Waals surface area contributed by atoms with Crippen LogP contribution in [0.5, 0.6) is 0 Å². The number of hydrogen-bond donors (Lipinski definition) is 3. The van der Waals surface area contributed by atoms with E-state index in [1.165, 1.54) is 12.1 Å². The molecule has 2 heterocycles. The molecule has 1 saturated heterocycles. The van der Waals surface area contributed by atoms with Gasteiger partial charge in [-0.1, -0.05) is 17.7 Å². The molecule has 1 aromatic carbocycles. The van der Waals surface area contributed by atoms with E-state index in [4.69, 9.17) is 21.4 Å². The van der Waals surface area contributed by atoms with Crippen LogP contribution in [0.25, 0.3) is 0 Å². The van der Waals surface area contributed by atoms with Crippen molar-refractivity contribution in [3.05, 3.63) is 46.4 Å². The lowest BCUT2D eigenvalue weighted by Gasteiger charge is -2.14. The highest BCUT2D eigenvalue weighted by atomic mass is 35.5. The predicted molar refractivity (Wildman–Crippen MR) is 94.5 cm³/mol. The maximum absolute atomic E-state index is 13.1. The fourth-order valence-corrected chi connectivity index (χ4v) is 2.87. The number of halogens is 2. The number of hydrogen-bond acceptors (Lipinski definition) is 6. The van der Waals surface area contributed by atoms with Crippen molar-refractivity contribution in [2.24, 2.45) is 0 Å². The lowest BCUT2D eigenvalue weighted by atomic mass is 10.0. The van der Waals surface area contributed by atoms with Gasteiger partial charge < -0.3 is 20.5 Å². The minimum Gasteiger partial charge on any atom is -0.395 e. The van der Waals surface area contributed by atoms with E-state index in [0.717, 1.165) is 24.3 Å². The molecule has 0 amide bonds. The Kier molecular flexibility index (Phi) is 6.01. The average molecular weight is 367 g/mol. The van der Waals surface area contributed by atoms with E-state index < -0.39 is 0 Å². The topological polar surface area (TPSA) is 79.3 Å². The first-order valence-corrected chi connectivity index (χ1v) is 8.53. The molecule has 0 radical (unpaired) electrons. The summed E-state index contributed by atoms with van der Waals surface area (Å²) in [6.45, 7) is 2.14. The summed E-state index contributed by atoms with van der Waals surface area (Å²) in [5, 5.41) is 15.5. The lowest BCUT2D eigenvalue weighted by Crippen LogP contribution is -2.13. The number of aliphatic hydroxyl groups excluding tert-OH is 1. The van der Waals surface area contributed by atoms with Crippen molar-refractivity contribution in [1.29, 1.82) is 0 Å². The van der Waals surface area contributed by atoms with Crippen molar-refractivity contribution in [2.75, 3.05) is 37.0 Å². The zero-order chi connectivity index (χ0) is 17.6. The fraction of sp³-hybridized carbons (Fsp3) is 0.412. The Balaban J connectivity index is 1.77. The summed E-state index contributed by atoms with van der Waals surface area (Å²) in [5.41, 5.74) is 1.66. The normalized spacial score (nSPS) is 16.8. The second kappa shape index (κ2) is 8.42. The molecular formula is C17H20ClFN4O2. The Morgan fingerprint density at radius 1 is 1.28 bits per heavy atom. The zero-order valence-electron chi connectivity index (χ0n) is 13.6. The van der Waals surface area contributed by atoms with E-state index in [1.807, 2.05) is 6.07 Å². The summed E-state index contributed by atoms with van der Waals surface area (Å²) in [5.74, 6) is 0.950. The molecule has 1 atom stereocenters. The van der Waals surface area contributed by atoms with Crippen molar-refractivity contribution in [2.45, 2.75) is 18.9 Å². The Labute approximate surface area is 150 Å². The fourth-order valence-electron chi connectivity index (χ4n) is 2.63. The van der Waals surface area contributed by atoms with Gasteiger partial charge in [0.05, 0.1) is 18.9 Å². The summed E-state index contributed by atoms with van der Waals surface area (Å²) >= 11 is 6.06. The van der Waals surface area contributed by atoms with Gasteiger partial charge in [-0.25, -0.2) is 9.37 Å². The molecule has 8 heteroatoms. The number of aromatic nitrogens is 2. The van der Waals surface area contributed by atoms with Gasteiger partial charge in [0.1, 0.15) is 11.6 Å². The molecule has 0 aliphatic carbocycles. The smallest absolute Gasteiger partial charge is 0.224 e. The van der Waals surface area contributed by atoms with Crippen molar-refractivity contribution >= 4 is 23.4 Å². The van der Waals surface area contributed by atoms with Gasteiger partial charge in [-0.15, -0.1) is 0 Å². The zero-order valence-corrected chi connectivity index (χ0v) is 14.4. The van der Waals surface area contributed by atoms with Crippen LogP contribution in [-0.4, -0.2) is 41.4 Å². The third-order valence-electron chi connectivity index (χ3n) is 3.96. The van der Waals surface area contributed by atoms with Gasteiger partial charge in [-0.05, 0) is 24.1 Å². The molecule has 1 aliphatic rings. The van der Waals surface area contributed by atoms with E-state index in [-0.39, 0.29) is 18.3 Å². The average Bonchev–Trinajstić information content (AvgIpc) is 3.14. The summed E-state index contributed by atoms with van der Waals surface area (Å²) in [7, 11) is 0. The number of benzene rings is 1. The van der Waals surface area contributed by atoms with E-state index in [1.54, 1.807) is 6.07 Å². The molecule has 2 aromatic rings. The molecule has 1 unspecified atom stereocenters. The second-order valence-corrected chi connectivity index (χ2v) is 6.21. The van der Waals surface area contributed by atoms with Crippen LogP contribution in [-0.2, 0) is 11.3 Å². The number of rotatable bonds is 7. The molecule has 6 nitrogen and oxygen atoms in total. The number of nitrogens with zero attached hydrogens (tertiary/aromatic N) is 2. The third-order valence-corrected chi connectivity index (χ3v) is 4.32. The maximum Gasteiger partial charge on any atom is 0.224 e. The highest BCUT2D eigenvalue weighted by Crippen LogP contribution is 2.26. The van der Waals surface area contributed by atoms with Crippen LogP contribution in [0, 0.1) is 5.82 Å². The first kappa shape index (κ1) is 17.8. The van der Waals surface area contributed by atoms with Crippen molar-refractivity contribution in [1.82, 2.24) is 9.97 Å². The molecule has 3 rings (SSSR count). The molecule has 134 valence electrons. The molecular weight excluding hydrogens is 347 g/mol. The van der Waals surface area contributed by atoms with Gasteiger partial charge >= 0.3 is 0 Å². The second-order valence-electron chi connectivity index (χ2n) is 5.80. The van der Waals surface area contributed by atoms with Gasteiger partial charge in [0.15, 0.2) is 0 Å². The molecule has 0 spiro atoms. The molecule has 3 N–H and O–H groups in total. The molecule has 25 heavy (non-hydrogen) atoms. The minimum atomic E-state index is -0.366. The number of anilines is 2. The van der Waals surface area contributed by atoms with Gasteiger partial charge in [0.25, 0.3) is 0 Å². The Morgan fingerprint density at radius 3 is 2.88 bits per heavy atom. The van der Waals surface area contributed by atoms with Crippen LogP contribution in [0.3, 0.4) is 0 Å². The van der Waals surface area contributed by atoms with Crippen molar-refractivity contribution in [3.8, 4) is 0 Å². The quantitative estimate of drug-likeness (QED) is 0.699. The first-order valence-electron chi connectivity index (χ1n) is 8.15. The van der Waals surface area contributed by atoms with Gasteiger partial charge in [-0.3, -0.25) is 0 Å². The van der Waals surface area contributed by atoms with Crippen molar-refractivity contribution in [3.63, 3.8) is 0 Å². The number of ether oxygens (including phenoxy) is 1. The molecule has 1 fully saturated rings. The van der Waals surface area contributed by atoms with Crippen LogP contribution in [0.4, 0.5) is 16.2 Å². The van der Waals surface area contributed by atoms with Gasteiger partial charge in [0.2, 0.25) is 5.95 Å². The molecule has 1 aromatic heterocycles. The van der Waals surface area contributed by atoms with Crippen LogP contribution < -0.4 is 10.6 Å². The highest BCUT2D eigenvalue weighted by Gasteiger charge is 2.20. The van der Waals surface area contributed by atoms with Crippen molar-refractivity contribution < 1.29 is 14.2 Å². The van der Waals surface area contributed by atoms with E-state index in [2.05, 4.69) is 20.6 Å². The largest absolute Gasteiger partial charge is 0.395 e. The monoisotopic (exact) mass is 366 g/mol. The van der Waals surface area contributed by atoms with E-state index in [0.29, 0.717) is 36.5 Å². The summed E-state index contributed by atoms with van der Waals surface area (Å²) < 4.78 is 18.6. The minimum absolute atomic E-state index is 0.00588. The van der Waals surface area contributed by atoms with E-state index >= 15 is 0 Å². The predicted octanol–water partition coefficient (Wildman–Crippen LogP) is 2.79. The van der Waals surface area contributed by atoms with E-state index in [9.17, 15) is 4.39 Å². The Bertz CT molecular complexity index is 726. The highest BCUT2D eigenvalue weighted by molar-refractivity contribution is 6.31. The summed E-state index contributed by atoms with van der Waals surface area (Å²) in [6.07, 6.45) is 0.916. The number of aliphatic hydroxyl groups is 1. The first-order chi connectivity index (χ1) is 12.2. The molecule has 0 saturated carbocycles. The third kappa shape index (κ3) is 4.78. The van der Waals surface area contributed by atoms with Gasteiger partial charge in [-0.2, -0.15) is 4.98 Å². The number of nitrogens with one attached hydrogen (secondary N) is 2. The van der Waals surface area contributed by atoms with Crippen LogP contribution in [0.15, 0.2) is 24.3 Å².